The zero-order chi connectivity index (χ0) is 11.4. The summed E-state index contributed by atoms with van der Waals surface area (Å²) in [5.41, 5.74) is 0. The topological polar surface area (TPSA) is 29.5 Å². The molecular formula is C11H20ClNO2. The van der Waals surface area contributed by atoms with Gasteiger partial charge in [-0.25, -0.2) is 0 Å². The Hall–Kier alpha value is -0.280. The van der Waals surface area contributed by atoms with E-state index in [4.69, 9.17) is 16.3 Å². The molecule has 1 amide bonds. The minimum atomic E-state index is -0.00382. The number of ether oxygens (including phenoxy) is 1. The number of amides is 1. The summed E-state index contributed by atoms with van der Waals surface area (Å²) in [6.07, 6.45) is 0.880. The standard InChI is InChI=1S/C11H20ClNO2/c1-4-8(2)11(14)13-6-10(5-12)15-7-9(13)3/h8-10H,4-7H2,1-3H3. The maximum Gasteiger partial charge on any atom is 0.225 e. The van der Waals surface area contributed by atoms with Gasteiger partial charge in [0.15, 0.2) is 0 Å². The van der Waals surface area contributed by atoms with Crippen LogP contribution in [0.3, 0.4) is 0 Å². The first-order valence-corrected chi connectivity index (χ1v) is 6.11. The molecule has 1 heterocycles. The Morgan fingerprint density at radius 1 is 1.67 bits per heavy atom. The van der Waals surface area contributed by atoms with E-state index in [1.807, 2.05) is 25.7 Å². The first-order chi connectivity index (χ1) is 7.10. The summed E-state index contributed by atoms with van der Waals surface area (Å²) in [4.78, 5) is 13.9. The molecule has 3 nitrogen and oxygen atoms in total. The third-order valence-electron chi connectivity index (χ3n) is 2.99. The Kier molecular flexibility index (Phi) is 4.87. The molecule has 0 saturated carbocycles. The molecule has 3 unspecified atom stereocenters. The van der Waals surface area contributed by atoms with Crippen molar-refractivity contribution in [3.8, 4) is 0 Å². The summed E-state index contributed by atoms with van der Waals surface area (Å²) in [5, 5.41) is 0. The summed E-state index contributed by atoms with van der Waals surface area (Å²) in [5.74, 6) is 0.779. The first kappa shape index (κ1) is 12.8. The fourth-order valence-electron chi connectivity index (χ4n) is 1.68. The Balaban J connectivity index is 2.61. The molecule has 0 radical (unpaired) electrons. The van der Waals surface area contributed by atoms with Gasteiger partial charge in [-0.05, 0) is 13.3 Å². The van der Waals surface area contributed by atoms with Crippen molar-refractivity contribution in [1.82, 2.24) is 4.90 Å². The molecule has 1 aliphatic heterocycles. The van der Waals surface area contributed by atoms with Crippen molar-refractivity contribution >= 4 is 17.5 Å². The molecule has 15 heavy (non-hydrogen) atoms. The van der Waals surface area contributed by atoms with Crippen LogP contribution in [0.15, 0.2) is 0 Å². The summed E-state index contributed by atoms with van der Waals surface area (Å²) < 4.78 is 5.51. The molecule has 0 spiro atoms. The van der Waals surface area contributed by atoms with Gasteiger partial charge in [-0.3, -0.25) is 4.79 Å². The smallest absolute Gasteiger partial charge is 0.225 e. The molecule has 0 aromatic carbocycles. The lowest BCUT2D eigenvalue weighted by atomic mass is 10.1. The Bertz CT molecular complexity index is 223. The van der Waals surface area contributed by atoms with Gasteiger partial charge < -0.3 is 9.64 Å². The number of hydrogen-bond donors (Lipinski definition) is 0. The van der Waals surface area contributed by atoms with Gasteiger partial charge in [0.05, 0.1) is 24.6 Å². The maximum atomic E-state index is 12.0. The number of carbonyl (C=O) groups is 1. The number of carbonyl (C=O) groups excluding carboxylic acids is 1. The van der Waals surface area contributed by atoms with Crippen LogP contribution in [0, 0.1) is 5.92 Å². The van der Waals surface area contributed by atoms with Crippen molar-refractivity contribution in [2.24, 2.45) is 5.92 Å². The summed E-state index contributed by atoms with van der Waals surface area (Å²) in [6, 6.07) is 0.172. The van der Waals surface area contributed by atoms with Crippen LogP contribution >= 0.6 is 11.6 Å². The number of rotatable bonds is 3. The van der Waals surface area contributed by atoms with Crippen LogP contribution in [-0.4, -0.2) is 42.0 Å². The first-order valence-electron chi connectivity index (χ1n) is 5.58. The van der Waals surface area contributed by atoms with Gasteiger partial charge in [-0.2, -0.15) is 0 Å². The van der Waals surface area contributed by atoms with Crippen LogP contribution in [0.25, 0.3) is 0 Å². The number of alkyl halides is 1. The van der Waals surface area contributed by atoms with Gasteiger partial charge in [0.2, 0.25) is 5.91 Å². The van der Waals surface area contributed by atoms with Crippen molar-refractivity contribution < 1.29 is 9.53 Å². The van der Waals surface area contributed by atoms with E-state index in [1.165, 1.54) is 0 Å². The van der Waals surface area contributed by atoms with Gasteiger partial charge in [0.25, 0.3) is 0 Å². The van der Waals surface area contributed by atoms with E-state index in [9.17, 15) is 4.79 Å². The van der Waals surface area contributed by atoms with Gasteiger partial charge in [-0.1, -0.05) is 13.8 Å². The van der Waals surface area contributed by atoms with E-state index in [0.717, 1.165) is 6.42 Å². The summed E-state index contributed by atoms with van der Waals surface area (Å²) in [6.45, 7) is 7.26. The number of hydrogen-bond acceptors (Lipinski definition) is 2. The predicted molar refractivity (Wildman–Crippen MR) is 61.1 cm³/mol. The van der Waals surface area contributed by atoms with E-state index < -0.39 is 0 Å². The minimum absolute atomic E-state index is 0.00382. The van der Waals surface area contributed by atoms with Crippen molar-refractivity contribution in [2.75, 3.05) is 19.0 Å². The van der Waals surface area contributed by atoms with Crippen LogP contribution < -0.4 is 0 Å². The fraction of sp³-hybridized carbons (Fsp3) is 0.909. The molecule has 0 aromatic heterocycles. The molecule has 4 heteroatoms. The van der Waals surface area contributed by atoms with E-state index in [0.29, 0.717) is 19.0 Å². The molecule has 0 aliphatic carbocycles. The van der Waals surface area contributed by atoms with Crippen LogP contribution in [-0.2, 0) is 9.53 Å². The Morgan fingerprint density at radius 2 is 2.33 bits per heavy atom. The quantitative estimate of drug-likeness (QED) is 0.697. The minimum Gasteiger partial charge on any atom is -0.373 e. The third-order valence-corrected chi connectivity index (χ3v) is 3.34. The van der Waals surface area contributed by atoms with Crippen LogP contribution in [0.1, 0.15) is 27.2 Å². The van der Waals surface area contributed by atoms with Gasteiger partial charge in [0.1, 0.15) is 0 Å². The van der Waals surface area contributed by atoms with Gasteiger partial charge in [0, 0.05) is 12.5 Å². The molecule has 3 atom stereocenters. The molecule has 0 bridgehead atoms. The van der Waals surface area contributed by atoms with Gasteiger partial charge in [-0.15, -0.1) is 11.6 Å². The number of morpholine rings is 1. The highest BCUT2D eigenvalue weighted by molar-refractivity contribution is 6.18. The lowest BCUT2D eigenvalue weighted by Crippen LogP contribution is -2.52. The molecule has 0 N–H and O–H groups in total. The molecule has 0 aromatic rings. The second-order valence-electron chi connectivity index (χ2n) is 4.26. The predicted octanol–water partition coefficient (Wildman–Crippen LogP) is 1.89. The Labute approximate surface area is 96.7 Å². The molecule has 88 valence electrons. The zero-order valence-electron chi connectivity index (χ0n) is 9.70. The molecule has 1 rings (SSSR count). The van der Waals surface area contributed by atoms with E-state index >= 15 is 0 Å². The van der Waals surface area contributed by atoms with E-state index in [1.54, 1.807) is 0 Å². The summed E-state index contributed by atoms with van der Waals surface area (Å²) in [7, 11) is 0. The average molecular weight is 234 g/mol. The second-order valence-corrected chi connectivity index (χ2v) is 4.57. The van der Waals surface area contributed by atoms with Crippen molar-refractivity contribution in [3.63, 3.8) is 0 Å². The number of halogens is 1. The molecule has 1 saturated heterocycles. The normalized spacial score (nSPS) is 28.9. The molecule has 1 fully saturated rings. The van der Waals surface area contributed by atoms with Crippen LogP contribution in [0.4, 0.5) is 0 Å². The van der Waals surface area contributed by atoms with Crippen molar-refractivity contribution in [2.45, 2.75) is 39.3 Å². The molecular weight excluding hydrogens is 214 g/mol. The van der Waals surface area contributed by atoms with Gasteiger partial charge >= 0.3 is 0 Å². The monoisotopic (exact) mass is 233 g/mol. The third kappa shape index (κ3) is 3.08. The van der Waals surface area contributed by atoms with E-state index in [2.05, 4.69) is 0 Å². The van der Waals surface area contributed by atoms with E-state index in [-0.39, 0.29) is 24.0 Å². The van der Waals surface area contributed by atoms with Crippen LogP contribution in [0.2, 0.25) is 0 Å². The lowest BCUT2D eigenvalue weighted by Gasteiger charge is -2.38. The molecule has 1 aliphatic rings. The van der Waals surface area contributed by atoms with Crippen molar-refractivity contribution in [1.29, 1.82) is 0 Å². The van der Waals surface area contributed by atoms with Crippen molar-refractivity contribution in [3.05, 3.63) is 0 Å². The average Bonchev–Trinajstić information content (AvgIpc) is 2.27. The second kappa shape index (κ2) is 5.71. The number of nitrogens with zero attached hydrogens (tertiary/aromatic N) is 1. The zero-order valence-corrected chi connectivity index (χ0v) is 10.5. The summed E-state index contributed by atoms with van der Waals surface area (Å²) >= 11 is 5.75. The van der Waals surface area contributed by atoms with Crippen LogP contribution in [0.5, 0.6) is 0 Å². The highest BCUT2D eigenvalue weighted by Crippen LogP contribution is 2.17. The highest BCUT2D eigenvalue weighted by Gasteiger charge is 2.30. The SMILES string of the molecule is CCC(C)C(=O)N1CC(CCl)OCC1C. The Morgan fingerprint density at radius 3 is 2.87 bits per heavy atom. The lowest BCUT2D eigenvalue weighted by molar-refractivity contribution is -0.146. The maximum absolute atomic E-state index is 12.0. The fourth-order valence-corrected chi connectivity index (χ4v) is 1.86. The highest BCUT2D eigenvalue weighted by atomic mass is 35.5. The largest absolute Gasteiger partial charge is 0.373 e.